The van der Waals surface area contributed by atoms with Crippen LogP contribution >= 0.6 is 11.6 Å². The molecule has 0 saturated carbocycles. The van der Waals surface area contributed by atoms with Crippen LogP contribution in [0.4, 0.5) is 8.78 Å². The quantitative estimate of drug-likeness (QED) is 0.775. The lowest BCUT2D eigenvalue weighted by Gasteiger charge is -2.24. The molecule has 0 aromatic heterocycles. The number of hydrogen-bond acceptors (Lipinski definition) is 1. The number of likely N-dealkylation sites (tertiary alicyclic amines) is 1. The first kappa shape index (κ1) is 14.3. The van der Waals surface area contributed by atoms with Crippen LogP contribution in [0.5, 0.6) is 0 Å². The molecule has 0 spiro atoms. The number of benzene rings is 1. The highest BCUT2D eigenvalue weighted by Crippen LogP contribution is 2.24. The minimum absolute atomic E-state index is 0.0790. The van der Waals surface area contributed by atoms with Gasteiger partial charge in [0.1, 0.15) is 11.6 Å². The lowest BCUT2D eigenvalue weighted by atomic mass is 10.1. The van der Waals surface area contributed by atoms with Gasteiger partial charge in [-0.25, -0.2) is 8.78 Å². The van der Waals surface area contributed by atoms with Gasteiger partial charge < -0.3 is 4.90 Å². The van der Waals surface area contributed by atoms with E-state index in [2.05, 4.69) is 0 Å². The Balaban J connectivity index is 2.13. The van der Waals surface area contributed by atoms with Crippen LogP contribution in [-0.4, -0.2) is 29.3 Å². The first-order valence-corrected chi connectivity index (χ1v) is 6.98. The summed E-state index contributed by atoms with van der Waals surface area (Å²) in [5.41, 5.74) is 0.0790. The van der Waals surface area contributed by atoms with E-state index < -0.39 is 11.6 Å². The molecule has 19 heavy (non-hydrogen) atoms. The molecule has 0 N–H and O–H groups in total. The number of nitrogens with zero attached hydrogens (tertiary/aromatic N) is 1. The second-order valence-electron chi connectivity index (χ2n) is 4.78. The second-order valence-corrected chi connectivity index (χ2v) is 5.16. The molecule has 5 heteroatoms. The van der Waals surface area contributed by atoms with Crippen molar-refractivity contribution in [2.45, 2.75) is 31.7 Å². The number of carbonyl (C=O) groups excluding carboxylic acids is 1. The highest BCUT2D eigenvalue weighted by Gasteiger charge is 2.29. The summed E-state index contributed by atoms with van der Waals surface area (Å²) < 4.78 is 26.3. The smallest absolute Gasteiger partial charge is 0.254 e. The average molecular weight is 288 g/mol. The van der Waals surface area contributed by atoms with Crippen LogP contribution in [-0.2, 0) is 0 Å². The van der Waals surface area contributed by atoms with E-state index in [0.29, 0.717) is 12.4 Å². The normalized spacial score (nSPS) is 18.9. The fourth-order valence-corrected chi connectivity index (χ4v) is 2.71. The lowest BCUT2D eigenvalue weighted by Crippen LogP contribution is -2.35. The molecule has 1 aliphatic rings. The highest BCUT2D eigenvalue weighted by molar-refractivity contribution is 6.17. The van der Waals surface area contributed by atoms with Crippen LogP contribution in [0.25, 0.3) is 0 Å². The van der Waals surface area contributed by atoms with Gasteiger partial charge in [-0.3, -0.25) is 4.79 Å². The van der Waals surface area contributed by atoms with E-state index in [1.807, 2.05) is 0 Å². The minimum atomic E-state index is -0.722. The van der Waals surface area contributed by atoms with Crippen LogP contribution < -0.4 is 0 Å². The Labute approximate surface area is 116 Å². The Morgan fingerprint density at radius 1 is 1.32 bits per heavy atom. The molecule has 0 aliphatic carbocycles. The third-order valence-corrected chi connectivity index (χ3v) is 3.69. The summed E-state index contributed by atoms with van der Waals surface area (Å²) in [6.45, 7) is 0.643. The number of amides is 1. The molecule has 1 saturated heterocycles. The van der Waals surface area contributed by atoms with Gasteiger partial charge in [-0.15, -0.1) is 11.6 Å². The van der Waals surface area contributed by atoms with Gasteiger partial charge in [0.2, 0.25) is 0 Å². The Kier molecular flexibility index (Phi) is 4.75. The van der Waals surface area contributed by atoms with Gasteiger partial charge in [-0.1, -0.05) is 0 Å². The summed E-state index contributed by atoms with van der Waals surface area (Å²) >= 11 is 5.66. The van der Waals surface area contributed by atoms with E-state index in [-0.39, 0.29) is 17.5 Å². The van der Waals surface area contributed by atoms with Crippen LogP contribution in [0.1, 0.15) is 36.0 Å². The molecule has 2 rings (SSSR count). The van der Waals surface area contributed by atoms with Gasteiger partial charge in [-0.2, -0.15) is 0 Å². The van der Waals surface area contributed by atoms with Crippen molar-refractivity contribution in [1.82, 2.24) is 4.90 Å². The zero-order chi connectivity index (χ0) is 13.8. The van der Waals surface area contributed by atoms with Crippen molar-refractivity contribution < 1.29 is 13.6 Å². The van der Waals surface area contributed by atoms with Gasteiger partial charge >= 0.3 is 0 Å². The number of rotatable bonds is 4. The predicted octanol–water partition coefficient (Wildman–Crippen LogP) is 3.59. The summed E-state index contributed by atoms with van der Waals surface area (Å²) in [6.07, 6.45) is 3.54. The molecule has 1 amide bonds. The molecule has 1 heterocycles. The van der Waals surface area contributed by atoms with Crippen LogP contribution in [0, 0.1) is 11.6 Å². The van der Waals surface area contributed by atoms with E-state index in [4.69, 9.17) is 11.6 Å². The fraction of sp³-hybridized carbons (Fsp3) is 0.500. The highest BCUT2D eigenvalue weighted by atomic mass is 35.5. The molecule has 1 fully saturated rings. The maximum atomic E-state index is 13.1. The molecular formula is C14H16ClF2NO. The fourth-order valence-electron chi connectivity index (χ4n) is 2.56. The summed E-state index contributed by atoms with van der Waals surface area (Å²) in [6, 6.07) is 3.08. The van der Waals surface area contributed by atoms with Gasteiger partial charge in [0.15, 0.2) is 0 Å². The molecule has 1 aromatic rings. The summed E-state index contributed by atoms with van der Waals surface area (Å²) in [5.74, 6) is -1.18. The van der Waals surface area contributed by atoms with E-state index in [1.54, 1.807) is 4.90 Å². The maximum Gasteiger partial charge on any atom is 0.254 e. The van der Waals surface area contributed by atoms with Crippen molar-refractivity contribution in [2.24, 2.45) is 0 Å². The van der Waals surface area contributed by atoms with E-state index >= 15 is 0 Å². The summed E-state index contributed by atoms with van der Waals surface area (Å²) in [7, 11) is 0. The molecule has 0 bridgehead atoms. The molecule has 1 aromatic carbocycles. The first-order chi connectivity index (χ1) is 9.11. The zero-order valence-corrected chi connectivity index (χ0v) is 11.3. The van der Waals surface area contributed by atoms with Crippen LogP contribution in [0.2, 0.25) is 0 Å². The molecule has 1 unspecified atom stereocenters. The molecule has 0 radical (unpaired) electrons. The van der Waals surface area contributed by atoms with Gasteiger partial charge in [0.25, 0.3) is 5.91 Å². The zero-order valence-electron chi connectivity index (χ0n) is 10.5. The second kappa shape index (κ2) is 6.33. The topological polar surface area (TPSA) is 20.3 Å². The number of carbonyl (C=O) groups is 1. The Hall–Kier alpha value is -1.16. The predicted molar refractivity (Wildman–Crippen MR) is 70.4 cm³/mol. The van der Waals surface area contributed by atoms with Crippen molar-refractivity contribution >= 4 is 17.5 Å². The van der Waals surface area contributed by atoms with Crippen molar-refractivity contribution in [1.29, 1.82) is 0 Å². The van der Waals surface area contributed by atoms with Crippen molar-refractivity contribution in [3.63, 3.8) is 0 Å². The van der Waals surface area contributed by atoms with Crippen LogP contribution in [0.3, 0.4) is 0 Å². The number of hydrogen-bond donors (Lipinski definition) is 0. The van der Waals surface area contributed by atoms with Gasteiger partial charge in [-0.05, 0) is 37.8 Å². The average Bonchev–Trinajstić information content (AvgIpc) is 2.82. The van der Waals surface area contributed by atoms with Gasteiger partial charge in [0.05, 0.1) is 0 Å². The maximum absolute atomic E-state index is 13.1. The van der Waals surface area contributed by atoms with E-state index in [9.17, 15) is 13.6 Å². The molecule has 1 atom stereocenters. The summed E-state index contributed by atoms with van der Waals surface area (Å²) in [4.78, 5) is 14.0. The van der Waals surface area contributed by atoms with E-state index in [0.717, 1.165) is 43.9 Å². The van der Waals surface area contributed by atoms with Crippen LogP contribution in [0.15, 0.2) is 18.2 Å². The van der Waals surface area contributed by atoms with E-state index in [1.165, 1.54) is 0 Å². The number of alkyl halides is 1. The molecule has 2 nitrogen and oxygen atoms in total. The minimum Gasteiger partial charge on any atom is -0.336 e. The largest absolute Gasteiger partial charge is 0.336 e. The van der Waals surface area contributed by atoms with Crippen molar-refractivity contribution in [2.75, 3.05) is 12.4 Å². The first-order valence-electron chi connectivity index (χ1n) is 6.45. The molecule has 104 valence electrons. The summed E-state index contributed by atoms with van der Waals surface area (Å²) in [5, 5.41) is 0. The molecule has 1 aliphatic heterocycles. The Morgan fingerprint density at radius 3 is 2.63 bits per heavy atom. The van der Waals surface area contributed by atoms with Crippen molar-refractivity contribution in [3.05, 3.63) is 35.4 Å². The Bertz CT molecular complexity index is 447. The third-order valence-electron chi connectivity index (χ3n) is 3.42. The lowest BCUT2D eigenvalue weighted by molar-refractivity contribution is 0.0729. The standard InChI is InChI=1S/C14H16ClF2NO/c15-5-1-3-13-4-2-6-18(13)14(19)10-7-11(16)9-12(17)8-10/h7-9,13H,1-6H2. The Morgan fingerprint density at radius 2 is 2.00 bits per heavy atom. The third kappa shape index (κ3) is 3.44. The monoisotopic (exact) mass is 287 g/mol. The SMILES string of the molecule is O=C(c1cc(F)cc(F)c1)N1CCCC1CCCCl. The molecular weight excluding hydrogens is 272 g/mol. The van der Waals surface area contributed by atoms with Crippen molar-refractivity contribution in [3.8, 4) is 0 Å². The number of halogens is 3. The van der Waals surface area contributed by atoms with Gasteiger partial charge in [0, 0.05) is 30.1 Å².